The summed E-state index contributed by atoms with van der Waals surface area (Å²) in [6, 6.07) is 7.46. The Labute approximate surface area is 240 Å². The molecule has 5 atom stereocenters. The van der Waals surface area contributed by atoms with Gasteiger partial charge in [0.05, 0.1) is 42.1 Å². The number of allylic oxidation sites excluding steroid dienone is 3. The third kappa shape index (κ3) is 5.34. The van der Waals surface area contributed by atoms with Crippen LogP contribution in [0.25, 0.3) is 11.0 Å². The van der Waals surface area contributed by atoms with E-state index in [0.29, 0.717) is 35.7 Å². The van der Waals surface area contributed by atoms with E-state index in [0.717, 1.165) is 24.0 Å². The van der Waals surface area contributed by atoms with Crippen molar-refractivity contribution < 1.29 is 23.1 Å². The number of carbonyl (C=O) groups is 1. The van der Waals surface area contributed by atoms with Gasteiger partial charge in [-0.1, -0.05) is 40.7 Å². The molecule has 0 N–H and O–H groups in total. The molecule has 2 aliphatic carbocycles. The van der Waals surface area contributed by atoms with Crippen molar-refractivity contribution >= 4 is 25.8 Å². The van der Waals surface area contributed by atoms with Crippen LogP contribution in [0.5, 0.6) is 0 Å². The molecule has 1 saturated heterocycles. The molecule has 3 unspecified atom stereocenters. The molecule has 0 bridgehead atoms. The highest BCUT2D eigenvalue weighted by atomic mass is 28.3. The Hall–Kier alpha value is -2.66. The number of fused-ring (bicyclic) bond motifs is 4. The summed E-state index contributed by atoms with van der Waals surface area (Å²) >= 11 is 0. The molecule has 7 heteroatoms. The van der Waals surface area contributed by atoms with Gasteiger partial charge < -0.3 is 18.3 Å². The van der Waals surface area contributed by atoms with Crippen molar-refractivity contribution in [2.75, 3.05) is 13.2 Å². The lowest BCUT2D eigenvalue weighted by molar-refractivity contribution is -0.155. The Morgan fingerprint density at radius 2 is 1.93 bits per heavy atom. The number of rotatable bonds is 6. The SMILES string of the molecule is C[SiH](OC[C@H]1OC(C)(C)CC[C@@H]1COC1=CC2C(C=C1)C(=O)c1c(oc3cc(C#N)ccc13)C2(C)C)C(C)(C)C. The van der Waals surface area contributed by atoms with Crippen molar-refractivity contribution in [1.82, 2.24) is 0 Å². The van der Waals surface area contributed by atoms with Crippen LogP contribution in [0.4, 0.5) is 0 Å². The highest BCUT2D eigenvalue weighted by Gasteiger charge is 2.49. The van der Waals surface area contributed by atoms with Crippen LogP contribution in [0.15, 0.2) is 46.6 Å². The summed E-state index contributed by atoms with van der Waals surface area (Å²) in [6.45, 7) is 18.7. The Morgan fingerprint density at radius 1 is 1.18 bits per heavy atom. The molecule has 2 heterocycles. The normalized spacial score (nSPS) is 27.9. The predicted octanol–water partition coefficient (Wildman–Crippen LogP) is 7.23. The van der Waals surface area contributed by atoms with E-state index in [1.54, 1.807) is 12.1 Å². The van der Waals surface area contributed by atoms with Crippen LogP contribution in [0.2, 0.25) is 11.6 Å². The van der Waals surface area contributed by atoms with Crippen LogP contribution in [0.1, 0.15) is 83.0 Å². The summed E-state index contributed by atoms with van der Waals surface area (Å²) in [4.78, 5) is 13.7. The molecule has 1 aliphatic heterocycles. The fraction of sp³-hybridized carbons (Fsp3) is 0.576. The van der Waals surface area contributed by atoms with Crippen LogP contribution in [0.3, 0.4) is 0 Å². The second-order valence-electron chi connectivity index (χ2n) is 14.1. The molecule has 0 radical (unpaired) electrons. The number of hydrogen-bond acceptors (Lipinski definition) is 6. The van der Waals surface area contributed by atoms with Gasteiger partial charge >= 0.3 is 0 Å². The molecule has 1 fully saturated rings. The topological polar surface area (TPSA) is 81.7 Å². The van der Waals surface area contributed by atoms with Crippen molar-refractivity contribution in [3.63, 3.8) is 0 Å². The zero-order chi connectivity index (χ0) is 29.0. The van der Waals surface area contributed by atoms with Crippen molar-refractivity contribution in [2.45, 2.75) is 90.0 Å². The molecule has 3 aliphatic rings. The summed E-state index contributed by atoms with van der Waals surface area (Å²) in [5.74, 6) is 1.39. The van der Waals surface area contributed by atoms with Gasteiger partial charge in [-0.15, -0.1) is 0 Å². The molecule has 0 spiro atoms. The third-order valence-corrected chi connectivity index (χ3v) is 12.4. The van der Waals surface area contributed by atoms with Crippen LogP contribution >= 0.6 is 0 Å². The van der Waals surface area contributed by atoms with E-state index in [1.165, 1.54) is 0 Å². The number of hydrogen-bond donors (Lipinski definition) is 0. The summed E-state index contributed by atoms with van der Waals surface area (Å²) in [5.41, 5.74) is 1.16. The molecule has 5 rings (SSSR count). The van der Waals surface area contributed by atoms with Gasteiger partial charge in [0.1, 0.15) is 17.1 Å². The first-order valence-corrected chi connectivity index (χ1v) is 16.8. The first-order chi connectivity index (χ1) is 18.7. The predicted molar refractivity (Wildman–Crippen MR) is 159 cm³/mol. The van der Waals surface area contributed by atoms with Gasteiger partial charge in [-0.2, -0.15) is 5.26 Å². The molecule has 0 saturated carbocycles. The Balaban J connectivity index is 1.34. The number of furan rings is 1. The first kappa shape index (κ1) is 28.9. The van der Waals surface area contributed by atoms with Crippen molar-refractivity contribution in [3.05, 3.63) is 59.1 Å². The molecule has 6 nitrogen and oxygen atoms in total. The second kappa shape index (κ2) is 10.3. The summed E-state index contributed by atoms with van der Waals surface area (Å²) in [5, 5.41) is 10.3. The van der Waals surface area contributed by atoms with E-state index in [4.69, 9.17) is 18.3 Å². The molecule has 1 aromatic carbocycles. The summed E-state index contributed by atoms with van der Waals surface area (Å²) < 4.78 is 25.6. The number of benzene rings is 1. The van der Waals surface area contributed by atoms with Gasteiger partial charge in [0.25, 0.3) is 0 Å². The van der Waals surface area contributed by atoms with Gasteiger partial charge in [-0.05, 0) is 68.6 Å². The van der Waals surface area contributed by atoms with Gasteiger partial charge in [-0.3, -0.25) is 4.79 Å². The van der Waals surface area contributed by atoms with E-state index in [1.807, 2.05) is 18.2 Å². The minimum atomic E-state index is -1.36. The zero-order valence-electron chi connectivity index (χ0n) is 25.2. The van der Waals surface area contributed by atoms with Crippen molar-refractivity contribution in [1.29, 1.82) is 5.26 Å². The first-order valence-electron chi connectivity index (χ1n) is 14.5. The second-order valence-corrected chi connectivity index (χ2v) is 17.4. The van der Waals surface area contributed by atoms with Crippen LogP contribution in [0, 0.1) is 29.1 Å². The number of Topliss-reactive ketones (excluding diaryl/α,β-unsaturated/α-hetero) is 1. The number of carbonyl (C=O) groups excluding carboxylic acids is 1. The van der Waals surface area contributed by atoms with Gasteiger partial charge in [0.2, 0.25) is 0 Å². The molecule has 214 valence electrons. The molecule has 40 heavy (non-hydrogen) atoms. The lowest BCUT2D eigenvalue weighted by Crippen LogP contribution is -2.46. The van der Waals surface area contributed by atoms with E-state index >= 15 is 0 Å². The highest BCUT2D eigenvalue weighted by molar-refractivity contribution is 6.53. The lowest BCUT2D eigenvalue weighted by atomic mass is 9.61. The van der Waals surface area contributed by atoms with E-state index in [9.17, 15) is 10.1 Å². The minimum Gasteiger partial charge on any atom is -0.494 e. The molecule has 0 amide bonds. The van der Waals surface area contributed by atoms with Gasteiger partial charge in [-0.25, -0.2) is 0 Å². The van der Waals surface area contributed by atoms with Crippen LogP contribution in [-0.4, -0.2) is 39.7 Å². The number of ketones is 1. The van der Waals surface area contributed by atoms with Gasteiger partial charge in [0.15, 0.2) is 14.8 Å². The lowest BCUT2D eigenvalue weighted by Gasteiger charge is -2.42. The molecule has 2 aromatic rings. The number of nitriles is 1. The highest BCUT2D eigenvalue weighted by Crippen LogP contribution is 2.50. The maximum atomic E-state index is 13.7. The van der Waals surface area contributed by atoms with E-state index in [2.05, 4.69) is 67.2 Å². The third-order valence-electron chi connectivity index (χ3n) is 9.29. The Bertz CT molecular complexity index is 1400. The maximum absolute atomic E-state index is 13.7. The van der Waals surface area contributed by atoms with E-state index in [-0.39, 0.29) is 40.3 Å². The molecular weight excluding hydrogens is 518 g/mol. The Morgan fingerprint density at radius 3 is 2.62 bits per heavy atom. The fourth-order valence-corrected chi connectivity index (χ4v) is 7.16. The number of nitrogens with zero attached hydrogens (tertiary/aromatic N) is 1. The van der Waals surface area contributed by atoms with Crippen LogP contribution in [-0.2, 0) is 19.3 Å². The van der Waals surface area contributed by atoms with E-state index < -0.39 is 14.5 Å². The Kier molecular flexibility index (Phi) is 7.44. The van der Waals surface area contributed by atoms with Crippen molar-refractivity contribution in [3.8, 4) is 6.07 Å². The quantitative estimate of drug-likeness (QED) is 0.346. The standard InChI is InChI=1S/C33H43NO5Si/c1-31(2,3)40(8)37-19-27-21(13-14-32(4,5)39-27)18-36-22-10-12-23-25(16-22)33(6,7)30-28(29(23)35)24-11-9-20(17-34)15-26(24)38-30/h9-12,15-16,21,23,25,27,40H,13-14,18-19H2,1-8H3/t21-,23?,25?,27-,40?/m1/s1. The monoisotopic (exact) mass is 561 g/mol. The summed E-state index contributed by atoms with van der Waals surface area (Å²) in [7, 11) is -1.36. The smallest absolute Gasteiger partial charge is 0.179 e. The average molecular weight is 562 g/mol. The van der Waals surface area contributed by atoms with Crippen molar-refractivity contribution in [2.24, 2.45) is 17.8 Å². The molecular formula is C33H43NO5Si. The fourth-order valence-electron chi connectivity index (χ4n) is 6.18. The van der Waals surface area contributed by atoms with Crippen LogP contribution < -0.4 is 0 Å². The zero-order valence-corrected chi connectivity index (χ0v) is 26.3. The molecule has 1 aromatic heterocycles. The summed E-state index contributed by atoms with van der Waals surface area (Å²) in [6.07, 6.45) is 8.04. The maximum Gasteiger partial charge on any atom is 0.179 e. The average Bonchev–Trinajstić information content (AvgIpc) is 3.29. The minimum absolute atomic E-state index is 0.00826. The van der Waals surface area contributed by atoms with Gasteiger partial charge in [0, 0.05) is 28.6 Å². The largest absolute Gasteiger partial charge is 0.494 e. The number of ether oxygens (including phenoxy) is 2.